The zero-order valence-corrected chi connectivity index (χ0v) is 18.3. The van der Waals surface area contributed by atoms with E-state index in [1.54, 1.807) is 37.2 Å². The fourth-order valence-corrected chi connectivity index (χ4v) is 3.16. The minimum absolute atomic E-state index is 0.140. The molecule has 0 saturated carbocycles. The Morgan fingerprint density at radius 1 is 1.00 bits per heavy atom. The maximum Gasteiger partial charge on any atom is 0.257 e. The average molecular weight is 409 g/mol. The van der Waals surface area contributed by atoms with Crippen LogP contribution in [0.5, 0.6) is 0 Å². The van der Waals surface area contributed by atoms with Gasteiger partial charge < -0.3 is 9.80 Å². The highest BCUT2D eigenvalue weighted by Crippen LogP contribution is 2.21. The molecule has 5 heteroatoms. The Labute approximate surface area is 178 Å². The van der Waals surface area contributed by atoms with Crippen LogP contribution >= 0.6 is 0 Å². The summed E-state index contributed by atoms with van der Waals surface area (Å²) in [7, 11) is 3.38. The van der Waals surface area contributed by atoms with E-state index in [0.717, 1.165) is 16.7 Å². The number of hydrogen-bond acceptors (Lipinski definition) is 2. The summed E-state index contributed by atoms with van der Waals surface area (Å²) in [5.41, 5.74) is 4.41. The molecule has 4 nitrogen and oxygen atoms in total. The first-order valence-electron chi connectivity index (χ1n) is 9.89. The Hall–Kier alpha value is -3.21. The van der Waals surface area contributed by atoms with Crippen molar-refractivity contribution in [2.45, 2.75) is 27.2 Å². The van der Waals surface area contributed by atoms with Crippen LogP contribution in [0.4, 0.5) is 4.39 Å². The number of likely N-dealkylation sites (N-methyl/N-ethyl adjacent to an activating group) is 2. The van der Waals surface area contributed by atoms with E-state index in [1.807, 2.05) is 32.9 Å². The van der Waals surface area contributed by atoms with Crippen LogP contribution in [0, 0.1) is 12.7 Å². The van der Waals surface area contributed by atoms with Crippen LogP contribution in [-0.4, -0.2) is 42.3 Å². The van der Waals surface area contributed by atoms with Gasteiger partial charge >= 0.3 is 0 Å². The highest BCUT2D eigenvalue weighted by atomic mass is 19.1. The number of rotatable bonds is 7. The molecular weight excluding hydrogens is 379 g/mol. The predicted octanol–water partition coefficient (Wildman–Crippen LogP) is 5.22. The summed E-state index contributed by atoms with van der Waals surface area (Å²) in [5, 5.41) is 0. The normalized spacial score (nSPS) is 11.5. The molecule has 0 aliphatic rings. The number of carbonyl (C=O) groups excluding carboxylic acids is 2. The number of allylic oxidation sites excluding steroid dienone is 1. The largest absolute Gasteiger partial charge is 0.338 e. The molecule has 0 fully saturated rings. The van der Waals surface area contributed by atoms with Gasteiger partial charge in [-0.2, -0.15) is 0 Å². The molecule has 0 aromatic heterocycles. The third-order valence-corrected chi connectivity index (χ3v) is 5.24. The van der Waals surface area contributed by atoms with Crippen molar-refractivity contribution < 1.29 is 14.0 Å². The third-order valence-electron chi connectivity index (χ3n) is 5.24. The number of halogens is 1. The molecule has 0 unspecified atom stereocenters. The van der Waals surface area contributed by atoms with E-state index in [4.69, 9.17) is 0 Å². The molecule has 2 aromatic rings. The second-order valence-electron chi connectivity index (χ2n) is 7.43. The fraction of sp³-hybridized carbons (Fsp3) is 0.280. The van der Waals surface area contributed by atoms with Gasteiger partial charge in [0.1, 0.15) is 5.82 Å². The van der Waals surface area contributed by atoms with Crippen LogP contribution < -0.4 is 0 Å². The summed E-state index contributed by atoms with van der Waals surface area (Å²) in [6.45, 7) is 10.3. The van der Waals surface area contributed by atoms with E-state index in [2.05, 4.69) is 6.58 Å². The predicted molar refractivity (Wildman–Crippen MR) is 119 cm³/mol. The SMILES string of the molecule is C=C(/C(C)=C(\CC)CN(C)C(=O)c1cccc(F)c1)N(C)C(=O)c1ccc(C)cc1. The molecule has 0 aliphatic carbocycles. The smallest absolute Gasteiger partial charge is 0.257 e. The molecule has 30 heavy (non-hydrogen) atoms. The number of benzene rings is 2. The number of nitrogens with zero attached hydrogens (tertiary/aromatic N) is 2. The standard InChI is InChI=1S/C25H29FN2O2/c1-7-20(16-27(5)24(29)22-9-8-10-23(26)15-22)18(3)19(4)28(6)25(30)21-13-11-17(2)12-14-21/h8-15H,4,7,16H2,1-3,5-6H3/b20-18+. The Morgan fingerprint density at radius 3 is 2.20 bits per heavy atom. The van der Waals surface area contributed by atoms with Crippen LogP contribution in [-0.2, 0) is 0 Å². The van der Waals surface area contributed by atoms with E-state index >= 15 is 0 Å². The lowest BCUT2D eigenvalue weighted by Gasteiger charge is -2.25. The van der Waals surface area contributed by atoms with Crippen molar-refractivity contribution in [3.8, 4) is 0 Å². The summed E-state index contributed by atoms with van der Waals surface area (Å²) in [6, 6.07) is 13.0. The van der Waals surface area contributed by atoms with Crippen LogP contribution in [0.1, 0.15) is 46.5 Å². The van der Waals surface area contributed by atoms with Crippen molar-refractivity contribution in [3.63, 3.8) is 0 Å². The molecule has 0 atom stereocenters. The summed E-state index contributed by atoms with van der Waals surface area (Å²) in [4.78, 5) is 28.5. The lowest BCUT2D eigenvalue weighted by atomic mass is 10.0. The van der Waals surface area contributed by atoms with E-state index < -0.39 is 5.82 Å². The summed E-state index contributed by atoms with van der Waals surface area (Å²) in [6.07, 6.45) is 0.693. The maximum atomic E-state index is 13.5. The lowest BCUT2D eigenvalue weighted by Crippen LogP contribution is -2.30. The molecule has 0 aliphatic heterocycles. The molecule has 0 heterocycles. The zero-order valence-electron chi connectivity index (χ0n) is 18.3. The molecular formula is C25H29FN2O2. The molecule has 158 valence electrons. The zero-order chi connectivity index (χ0) is 22.4. The van der Waals surface area contributed by atoms with Crippen molar-refractivity contribution >= 4 is 11.8 Å². The number of carbonyl (C=O) groups is 2. The van der Waals surface area contributed by atoms with Gasteiger partial charge in [-0.05, 0) is 61.7 Å². The molecule has 0 N–H and O–H groups in total. The van der Waals surface area contributed by atoms with Crippen molar-refractivity contribution in [1.29, 1.82) is 0 Å². The minimum Gasteiger partial charge on any atom is -0.338 e. The second kappa shape index (κ2) is 10.0. The van der Waals surface area contributed by atoms with Crippen LogP contribution in [0.25, 0.3) is 0 Å². The monoisotopic (exact) mass is 408 g/mol. The fourth-order valence-electron chi connectivity index (χ4n) is 3.16. The lowest BCUT2D eigenvalue weighted by molar-refractivity contribution is 0.0801. The highest BCUT2D eigenvalue weighted by Gasteiger charge is 2.19. The molecule has 0 spiro atoms. The van der Waals surface area contributed by atoms with E-state index in [-0.39, 0.29) is 11.8 Å². The van der Waals surface area contributed by atoms with E-state index in [9.17, 15) is 14.0 Å². The van der Waals surface area contributed by atoms with E-state index in [0.29, 0.717) is 29.8 Å². The van der Waals surface area contributed by atoms with Crippen LogP contribution in [0.3, 0.4) is 0 Å². The summed E-state index contributed by atoms with van der Waals surface area (Å²) >= 11 is 0. The molecule has 2 rings (SSSR count). The number of amides is 2. The quantitative estimate of drug-likeness (QED) is 0.590. The summed E-state index contributed by atoms with van der Waals surface area (Å²) in [5.74, 6) is -0.844. The first-order chi connectivity index (χ1) is 14.1. The van der Waals surface area contributed by atoms with Crippen molar-refractivity contribution in [2.24, 2.45) is 0 Å². The molecule has 2 aromatic carbocycles. The summed E-state index contributed by atoms with van der Waals surface area (Å²) < 4.78 is 13.5. The van der Waals surface area contributed by atoms with Crippen molar-refractivity contribution in [3.05, 3.63) is 94.5 Å². The first kappa shape index (κ1) is 23.1. The number of aryl methyl sites for hydroxylation is 1. The van der Waals surface area contributed by atoms with Gasteiger partial charge in [0, 0.05) is 37.5 Å². The van der Waals surface area contributed by atoms with Gasteiger partial charge in [-0.15, -0.1) is 0 Å². The van der Waals surface area contributed by atoms with Crippen molar-refractivity contribution in [2.75, 3.05) is 20.6 Å². The van der Waals surface area contributed by atoms with E-state index in [1.165, 1.54) is 23.1 Å². The van der Waals surface area contributed by atoms with Crippen LogP contribution in [0.15, 0.2) is 72.0 Å². The van der Waals surface area contributed by atoms with Gasteiger partial charge in [0.2, 0.25) is 0 Å². The van der Waals surface area contributed by atoms with Gasteiger partial charge in [-0.1, -0.05) is 37.3 Å². The topological polar surface area (TPSA) is 40.6 Å². The average Bonchev–Trinajstić information content (AvgIpc) is 2.75. The maximum absolute atomic E-state index is 13.5. The van der Waals surface area contributed by atoms with Gasteiger partial charge in [0.05, 0.1) is 0 Å². The Balaban J connectivity index is 2.18. The number of hydrogen-bond donors (Lipinski definition) is 0. The Morgan fingerprint density at radius 2 is 1.63 bits per heavy atom. The molecule has 2 amide bonds. The van der Waals surface area contributed by atoms with Crippen LogP contribution in [0.2, 0.25) is 0 Å². The van der Waals surface area contributed by atoms with Gasteiger partial charge in [0.25, 0.3) is 11.8 Å². The second-order valence-corrected chi connectivity index (χ2v) is 7.43. The molecule has 0 radical (unpaired) electrons. The van der Waals surface area contributed by atoms with Gasteiger partial charge in [-0.3, -0.25) is 9.59 Å². The molecule has 0 bridgehead atoms. The Bertz CT molecular complexity index is 977. The van der Waals surface area contributed by atoms with Crippen molar-refractivity contribution in [1.82, 2.24) is 9.80 Å². The Kier molecular flexibility index (Phi) is 7.70. The third kappa shape index (κ3) is 5.44. The first-order valence-corrected chi connectivity index (χ1v) is 9.89. The molecule has 0 saturated heterocycles. The van der Waals surface area contributed by atoms with Gasteiger partial charge in [-0.25, -0.2) is 4.39 Å². The minimum atomic E-state index is -0.443. The van der Waals surface area contributed by atoms with Gasteiger partial charge in [0.15, 0.2) is 0 Å². The highest BCUT2D eigenvalue weighted by molar-refractivity contribution is 5.95.